The molecule has 9 aromatic carbocycles. The van der Waals surface area contributed by atoms with Gasteiger partial charge in [0.1, 0.15) is 11.2 Å². The third-order valence-electron chi connectivity index (χ3n) is 12.1. The highest BCUT2D eigenvalue weighted by molar-refractivity contribution is 6.07. The average Bonchev–Trinajstić information content (AvgIpc) is 3.80. The van der Waals surface area contributed by atoms with Gasteiger partial charge in [-0.25, -0.2) is 0 Å². The minimum absolute atomic E-state index is 0.305. The number of anilines is 3. The molecule has 1 heterocycles. The van der Waals surface area contributed by atoms with Gasteiger partial charge in [0.25, 0.3) is 0 Å². The summed E-state index contributed by atoms with van der Waals surface area (Å²) in [5, 5.41) is 2.20. The summed E-state index contributed by atoms with van der Waals surface area (Å²) >= 11 is 0. The maximum Gasteiger partial charge on any atom is 0.135 e. The molecule has 0 N–H and O–H groups in total. The Bertz CT molecular complexity index is 3000. The Morgan fingerprint density at radius 3 is 1.36 bits per heavy atom. The highest BCUT2D eigenvalue weighted by atomic mass is 16.3. The van der Waals surface area contributed by atoms with Crippen molar-refractivity contribution in [1.29, 1.82) is 0 Å². The lowest BCUT2D eigenvalue weighted by Crippen LogP contribution is -2.22. The van der Waals surface area contributed by atoms with Crippen LogP contribution in [0.5, 0.6) is 0 Å². The van der Waals surface area contributed by atoms with Crippen LogP contribution in [-0.2, 0) is 5.41 Å². The summed E-state index contributed by atoms with van der Waals surface area (Å²) in [5.74, 6) is 0. The van der Waals surface area contributed by atoms with Gasteiger partial charge in [-0.2, -0.15) is 0 Å². The number of rotatable bonds is 7. The van der Waals surface area contributed by atoms with Gasteiger partial charge in [0.15, 0.2) is 0 Å². The molecule has 0 amide bonds. The number of fused-ring (bicyclic) bond motifs is 6. The Balaban J connectivity index is 1.11. The minimum atomic E-state index is -0.305. The van der Waals surface area contributed by atoms with Crippen molar-refractivity contribution in [2.75, 3.05) is 4.90 Å². The van der Waals surface area contributed by atoms with Gasteiger partial charge in [-0.3, -0.25) is 0 Å². The molecule has 0 bridgehead atoms. The molecule has 0 aliphatic heterocycles. The third-order valence-corrected chi connectivity index (χ3v) is 12.1. The summed E-state index contributed by atoms with van der Waals surface area (Å²) in [4.78, 5) is 2.39. The summed E-state index contributed by atoms with van der Waals surface area (Å²) in [6.07, 6.45) is 0. The number of hydrogen-bond donors (Lipinski definition) is 0. The molecule has 0 spiro atoms. The number of furan rings is 1. The van der Waals surface area contributed by atoms with Gasteiger partial charge in [-0.1, -0.05) is 158 Å². The molecule has 0 unspecified atom stereocenters. The third kappa shape index (κ3) is 5.56. The molecule has 0 saturated carbocycles. The number of nitrogens with zero attached hydrogens (tertiary/aromatic N) is 1. The summed E-state index contributed by atoms with van der Waals surface area (Å²) < 4.78 is 6.59. The second-order valence-electron chi connectivity index (χ2n) is 15.5. The quantitative estimate of drug-likeness (QED) is 0.162. The predicted molar refractivity (Wildman–Crippen MR) is 242 cm³/mol. The van der Waals surface area contributed by atoms with Crippen molar-refractivity contribution in [3.63, 3.8) is 0 Å². The van der Waals surface area contributed by atoms with E-state index >= 15 is 0 Å². The van der Waals surface area contributed by atoms with E-state index in [1.807, 2.05) is 0 Å². The molecular weight excluding hydrogens is 703 g/mol. The van der Waals surface area contributed by atoms with Crippen molar-refractivity contribution in [3.8, 4) is 44.5 Å². The van der Waals surface area contributed by atoms with Crippen LogP contribution in [-0.4, -0.2) is 0 Å². The van der Waals surface area contributed by atoms with Crippen LogP contribution in [0.3, 0.4) is 0 Å². The summed E-state index contributed by atoms with van der Waals surface area (Å²) in [6, 6.07) is 79.0. The lowest BCUT2D eigenvalue weighted by atomic mass is 9.74. The van der Waals surface area contributed by atoms with E-state index in [1.54, 1.807) is 0 Å². The molecule has 0 atom stereocenters. The molecule has 274 valence electrons. The SMILES string of the molecule is CC1(c2ccc3oc4ccc(N(c5ccc(-c6ccccc6)cc5)c5cc(-c6ccccc6)cc(-c6ccccc6)c5)cc4c3c2)c2ccccc2-c2ccccc21. The van der Waals surface area contributed by atoms with Crippen LogP contribution in [0.2, 0.25) is 0 Å². The first kappa shape index (κ1) is 33.9. The Morgan fingerprint density at radius 1 is 0.345 bits per heavy atom. The monoisotopic (exact) mass is 741 g/mol. The first-order valence-electron chi connectivity index (χ1n) is 20.0. The van der Waals surface area contributed by atoms with Crippen molar-refractivity contribution in [3.05, 3.63) is 235 Å². The van der Waals surface area contributed by atoms with Crippen molar-refractivity contribution in [2.24, 2.45) is 0 Å². The highest BCUT2D eigenvalue weighted by Gasteiger charge is 2.40. The van der Waals surface area contributed by atoms with Crippen molar-refractivity contribution in [2.45, 2.75) is 12.3 Å². The van der Waals surface area contributed by atoms with Gasteiger partial charge in [-0.05, 0) is 129 Å². The smallest absolute Gasteiger partial charge is 0.135 e. The fraction of sp³-hybridized carbons (Fsp3) is 0.0357. The van der Waals surface area contributed by atoms with Gasteiger partial charge in [0, 0.05) is 33.2 Å². The van der Waals surface area contributed by atoms with Crippen LogP contribution in [0.4, 0.5) is 17.1 Å². The van der Waals surface area contributed by atoms with E-state index in [0.29, 0.717) is 0 Å². The highest BCUT2D eigenvalue weighted by Crippen LogP contribution is 2.53. The maximum atomic E-state index is 6.59. The van der Waals surface area contributed by atoms with E-state index in [4.69, 9.17) is 4.42 Å². The van der Waals surface area contributed by atoms with Gasteiger partial charge >= 0.3 is 0 Å². The number of hydrogen-bond acceptors (Lipinski definition) is 2. The van der Waals surface area contributed by atoms with Crippen molar-refractivity contribution in [1.82, 2.24) is 0 Å². The van der Waals surface area contributed by atoms with Gasteiger partial charge in [-0.15, -0.1) is 0 Å². The first-order valence-corrected chi connectivity index (χ1v) is 20.0. The molecule has 1 aliphatic carbocycles. The lowest BCUT2D eigenvalue weighted by molar-refractivity contribution is 0.667. The Kier molecular flexibility index (Phi) is 7.97. The van der Waals surface area contributed by atoms with Crippen LogP contribution in [0.15, 0.2) is 223 Å². The minimum Gasteiger partial charge on any atom is -0.456 e. The number of benzene rings is 9. The van der Waals surface area contributed by atoms with E-state index in [-0.39, 0.29) is 5.41 Å². The Hall–Kier alpha value is -7.42. The molecule has 0 radical (unpaired) electrons. The van der Waals surface area contributed by atoms with Crippen molar-refractivity contribution < 1.29 is 4.42 Å². The molecule has 0 saturated heterocycles. The molecule has 2 nitrogen and oxygen atoms in total. The maximum absolute atomic E-state index is 6.59. The van der Waals surface area contributed by atoms with E-state index in [9.17, 15) is 0 Å². The first-order chi connectivity index (χ1) is 28.6. The standard InChI is InChI=1S/C56H39NO/c1-56(52-23-13-11-21-48(52)49-22-12-14-24-53(49)56)44-27-31-54-50(36-44)51-37-46(30-32-55(51)58-54)57(45-28-25-41(26-29-45)38-15-5-2-6-16-38)47-34-42(39-17-7-3-8-18-39)33-43(35-47)40-19-9-4-10-20-40/h2-37H,1H3. The van der Waals surface area contributed by atoms with Crippen LogP contribution in [0.25, 0.3) is 66.4 Å². The van der Waals surface area contributed by atoms with Crippen LogP contribution < -0.4 is 4.90 Å². The zero-order valence-corrected chi connectivity index (χ0v) is 32.1. The second kappa shape index (κ2) is 13.7. The van der Waals surface area contributed by atoms with E-state index in [0.717, 1.165) is 50.1 Å². The second-order valence-corrected chi connectivity index (χ2v) is 15.5. The molecule has 2 heteroatoms. The molecule has 58 heavy (non-hydrogen) atoms. The van der Waals surface area contributed by atoms with E-state index in [1.165, 1.54) is 50.1 Å². The van der Waals surface area contributed by atoms with Crippen molar-refractivity contribution >= 4 is 39.0 Å². The molecule has 10 aromatic rings. The summed E-state index contributed by atoms with van der Waals surface area (Å²) in [6.45, 7) is 2.37. The lowest BCUT2D eigenvalue weighted by Gasteiger charge is -2.28. The average molecular weight is 742 g/mol. The topological polar surface area (TPSA) is 16.4 Å². The van der Waals surface area contributed by atoms with Crippen LogP contribution in [0.1, 0.15) is 23.6 Å². The molecule has 1 aromatic heterocycles. The molecule has 1 aliphatic rings. The van der Waals surface area contributed by atoms with Gasteiger partial charge in [0.2, 0.25) is 0 Å². The van der Waals surface area contributed by atoms with Crippen LogP contribution in [0, 0.1) is 0 Å². The predicted octanol–water partition coefficient (Wildman–Crippen LogP) is 15.4. The fourth-order valence-electron chi connectivity index (χ4n) is 9.20. The molecule has 0 fully saturated rings. The summed E-state index contributed by atoms with van der Waals surface area (Å²) in [5.41, 5.74) is 18.2. The Morgan fingerprint density at radius 2 is 0.793 bits per heavy atom. The van der Waals surface area contributed by atoms with Gasteiger partial charge in [0.05, 0.1) is 0 Å². The normalized spacial score (nSPS) is 12.7. The fourth-order valence-corrected chi connectivity index (χ4v) is 9.20. The van der Waals surface area contributed by atoms with Gasteiger partial charge < -0.3 is 9.32 Å². The van der Waals surface area contributed by atoms with Crippen LogP contribution >= 0.6 is 0 Å². The molecular formula is C56H39NO. The van der Waals surface area contributed by atoms with E-state index < -0.39 is 0 Å². The molecule has 11 rings (SSSR count). The zero-order valence-electron chi connectivity index (χ0n) is 32.1. The van der Waals surface area contributed by atoms with E-state index in [2.05, 4.69) is 230 Å². The largest absolute Gasteiger partial charge is 0.456 e. The zero-order chi connectivity index (χ0) is 38.6. The Labute approximate surface area is 338 Å². The summed E-state index contributed by atoms with van der Waals surface area (Å²) in [7, 11) is 0.